The number of hydrogen-bond acceptors (Lipinski definition) is 26. The summed E-state index contributed by atoms with van der Waals surface area (Å²) in [4.78, 5) is 130. The second kappa shape index (κ2) is 43.3. The van der Waals surface area contributed by atoms with E-state index in [1.165, 1.54) is 48.3 Å². The molecular formula is C61H89Cl2N10O29PS. The van der Waals surface area contributed by atoms with E-state index in [4.69, 9.17) is 62.6 Å². The lowest BCUT2D eigenvalue weighted by atomic mass is 9.72. The maximum absolute atomic E-state index is 13.3. The number of fused-ring (bicyclic) bond motifs is 3. The predicted molar refractivity (Wildman–Crippen MR) is 368 cm³/mol. The molecule has 0 spiro atoms. The van der Waals surface area contributed by atoms with Gasteiger partial charge in [0.1, 0.15) is 17.1 Å². The summed E-state index contributed by atoms with van der Waals surface area (Å²) in [6.07, 6.45) is -2.67. The van der Waals surface area contributed by atoms with Crippen LogP contribution in [0.4, 0.5) is 15.3 Å². The minimum absolute atomic E-state index is 0.00588. The second-order valence-corrected chi connectivity index (χ2v) is 28.0. The molecule has 2 fully saturated rings. The highest BCUT2D eigenvalue weighted by molar-refractivity contribution is 7.85. The van der Waals surface area contributed by atoms with Crippen molar-refractivity contribution in [3.05, 3.63) is 87.5 Å². The minimum Gasteiger partial charge on any atom is -0.507 e. The molecule has 0 saturated carbocycles. The molecule has 0 aromatic heterocycles. The SMILES string of the molecule is CC(=O)O.CC(=O)[C@]1(O)Cc2c(O)c3c(c(O)c2[C@@H](O[C@H]2C[C@H](N)[C@H](O)[C@H](C)O2)C1)C(=O)c1ccccc1C3=O.CNC(=O)Nc1ccc(CC(CN(CC(=O)O)CC(C)N(CC(=O)O)CC(=O)O)N(CC(=O)O)CC(=O)O)cc1.CS(=O)(=O)O.NC(=O)NO.O=P1(NCCCl)OCCCN1CCCl. The zero-order valence-corrected chi connectivity index (χ0v) is 60.5. The number of rotatable bonds is 27. The summed E-state index contributed by atoms with van der Waals surface area (Å²) >= 11 is 11.1. The van der Waals surface area contributed by atoms with E-state index in [0.717, 1.165) is 24.8 Å². The van der Waals surface area contributed by atoms with Gasteiger partial charge in [-0.3, -0.25) is 72.2 Å². The molecule has 7 rings (SSSR count). The third-order valence-electron chi connectivity index (χ3n) is 15.3. The van der Waals surface area contributed by atoms with Crippen molar-refractivity contribution in [3.8, 4) is 11.5 Å². The van der Waals surface area contributed by atoms with E-state index in [0.29, 0.717) is 49.0 Å². The number of benzene rings is 3. The fourth-order valence-corrected chi connectivity index (χ4v) is 13.3. The van der Waals surface area contributed by atoms with Gasteiger partial charge in [0.25, 0.3) is 16.1 Å². The Morgan fingerprint density at radius 3 is 1.75 bits per heavy atom. The van der Waals surface area contributed by atoms with Crippen LogP contribution in [0.1, 0.15) is 102 Å². The Labute approximate surface area is 606 Å². The summed E-state index contributed by atoms with van der Waals surface area (Å²) in [6.45, 7) is 4.43. The average Bonchev–Trinajstić information content (AvgIpc) is 0.714. The minimum atomic E-state index is -3.67. The van der Waals surface area contributed by atoms with E-state index < -0.39 is 182 Å². The van der Waals surface area contributed by atoms with Crippen LogP contribution >= 0.6 is 30.9 Å². The van der Waals surface area contributed by atoms with Gasteiger partial charge >= 0.3 is 49.6 Å². The molecule has 2 aliphatic heterocycles. The standard InChI is InChI=1S/C26H27NO9.C24H35N5O11.C7H15Cl2N2O2P.C2H4O2.CH4N2O2.CH4O3S/c1-10-21(29)15(27)7-17(35-10)36-16-9-26(34,11(2)28)8-14-18(16)25(33)20-19(24(14)32)22(30)12-5-3-4-6-13(12)23(20)31;1-15(28(11-20(32)33)12-21(34)35)8-27(10-19(30)31)9-18(29(13-22(36)37)14-23(38)39)7-16-3-5-17(6-4-16)26-24(40)25-2;8-2-4-10-14(12)11(6-3-9)5-1-7-13-14;1-2(3)4;2-1(4)3-5;1-5(2,3)4/h3-6,10,15-17,21,29,32-34H,7-9,27H2,1-2H3;3-6,15,18H,7-14H2,1-2H3,(H,30,31)(H,32,33)(H,34,35)(H,36,37)(H,38,39)(H2,25,26,40);1-7H2,(H,10,12);1H3,(H,3,4);5H,(H3,2,3,4);1H3,(H,2,3,4)/t10-,15-,16-,17-,21+,26-;;;;;/m0...../s1. The number of hydroxylamine groups is 1. The van der Waals surface area contributed by atoms with Crippen LogP contribution in [0.15, 0.2) is 48.5 Å². The molecule has 2 saturated heterocycles. The summed E-state index contributed by atoms with van der Waals surface area (Å²) in [5, 5.41) is 113. The number of hydrogen-bond donors (Lipinski definition) is 18. The zero-order chi connectivity index (χ0) is 79.3. The number of carboxylic acid groups (broad SMARTS) is 6. The Morgan fingerprint density at radius 1 is 0.817 bits per heavy atom. The number of nitrogens with zero attached hydrogens (tertiary/aromatic N) is 4. The first-order chi connectivity index (χ1) is 48.4. The molecule has 582 valence electrons. The average molecular weight is 1560 g/mol. The van der Waals surface area contributed by atoms with E-state index in [1.807, 2.05) is 0 Å². The number of phenolic OH excluding ortho intramolecular Hbond substituents is 2. The van der Waals surface area contributed by atoms with Gasteiger partial charge in [0.2, 0.25) is 0 Å². The van der Waals surface area contributed by atoms with Crippen LogP contribution in [0, 0.1) is 0 Å². The molecule has 104 heavy (non-hydrogen) atoms. The number of alkyl halides is 2. The number of nitrogens with one attached hydrogen (secondary N) is 4. The second-order valence-electron chi connectivity index (χ2n) is 23.6. The van der Waals surface area contributed by atoms with Crippen LogP contribution in [-0.4, -0.2) is 293 Å². The van der Waals surface area contributed by atoms with Crippen molar-refractivity contribution in [1.29, 1.82) is 0 Å². The van der Waals surface area contributed by atoms with E-state index in [1.54, 1.807) is 48.0 Å². The molecule has 2 aliphatic carbocycles. The smallest absolute Gasteiger partial charge is 0.343 e. The van der Waals surface area contributed by atoms with Gasteiger partial charge in [-0.1, -0.05) is 36.4 Å². The number of primary amides is 1. The first-order valence-corrected chi connectivity index (χ1v) is 35.7. The Bertz CT molecular complexity index is 3600. The highest BCUT2D eigenvalue weighted by Crippen LogP contribution is 2.52. The number of aliphatic hydroxyl groups is 2. The molecule has 9 atom stereocenters. The first kappa shape index (κ1) is 92.0. The molecule has 4 aliphatic rings. The maximum atomic E-state index is 13.3. The van der Waals surface area contributed by atoms with Crippen molar-refractivity contribution in [1.82, 2.24) is 35.3 Å². The number of aromatic hydroxyl groups is 2. The Hall–Kier alpha value is -8.13. The van der Waals surface area contributed by atoms with Crippen molar-refractivity contribution in [2.75, 3.05) is 102 Å². The molecule has 3 aromatic carbocycles. The lowest BCUT2D eigenvalue weighted by Gasteiger charge is -2.42. The number of ether oxygens (including phenoxy) is 2. The van der Waals surface area contributed by atoms with E-state index in [-0.39, 0.29) is 65.7 Å². The van der Waals surface area contributed by atoms with Gasteiger partial charge in [-0.05, 0) is 51.3 Å². The number of carboxylic acids is 6. The van der Waals surface area contributed by atoms with Crippen LogP contribution < -0.4 is 32.7 Å². The molecule has 20 N–H and O–H groups in total. The molecule has 4 amide bonds. The predicted octanol–water partition coefficient (Wildman–Crippen LogP) is 0.610. The van der Waals surface area contributed by atoms with Gasteiger partial charge < -0.3 is 87.2 Å². The monoisotopic (exact) mass is 1560 g/mol. The molecule has 43 heteroatoms. The number of amides is 4. The molecule has 39 nitrogen and oxygen atoms in total. The molecule has 0 radical (unpaired) electrons. The van der Waals surface area contributed by atoms with E-state index >= 15 is 0 Å². The number of urea groups is 2. The summed E-state index contributed by atoms with van der Waals surface area (Å²) in [5.41, 5.74) is 9.94. The van der Waals surface area contributed by atoms with Gasteiger partial charge in [-0.15, -0.1) is 23.2 Å². The van der Waals surface area contributed by atoms with Crippen LogP contribution in [-0.2, 0) is 75.1 Å². The number of aliphatic carboxylic acids is 6. The lowest BCUT2D eigenvalue weighted by molar-refractivity contribution is -0.247. The normalized spacial score (nSPS) is 20.8. The molecule has 3 aromatic rings. The number of anilines is 1. The van der Waals surface area contributed by atoms with Crippen molar-refractivity contribution in [2.24, 2.45) is 11.5 Å². The quantitative estimate of drug-likeness (QED) is 0.00971. The number of ketones is 3. The highest BCUT2D eigenvalue weighted by atomic mass is 35.5. The summed E-state index contributed by atoms with van der Waals surface area (Å²) in [6, 6.07) is 8.91. The van der Waals surface area contributed by atoms with E-state index in [2.05, 4.69) is 21.5 Å². The van der Waals surface area contributed by atoms with E-state index in [9.17, 15) is 107 Å². The van der Waals surface area contributed by atoms with Gasteiger partial charge in [0, 0.05) is 124 Å². The molecule has 3 unspecified atom stereocenters. The molecule has 0 bridgehead atoms. The number of phenols is 2. The number of nitrogens with two attached hydrogens (primary N) is 2. The van der Waals surface area contributed by atoms with Crippen molar-refractivity contribution < 1.29 is 141 Å². The van der Waals surface area contributed by atoms with Gasteiger partial charge in [-0.25, -0.2) is 24.8 Å². The maximum Gasteiger partial charge on any atom is 0.343 e. The molecular weight excluding hydrogens is 1470 g/mol. The number of halogens is 2. The first-order valence-electron chi connectivity index (χ1n) is 31.2. The summed E-state index contributed by atoms with van der Waals surface area (Å²) < 4.78 is 56.9. The van der Waals surface area contributed by atoms with Crippen molar-refractivity contribution >= 4 is 112 Å². The van der Waals surface area contributed by atoms with Crippen LogP contribution in [0.5, 0.6) is 11.5 Å². The highest BCUT2D eigenvalue weighted by Gasteiger charge is 2.49. The van der Waals surface area contributed by atoms with Gasteiger partial charge in [-0.2, -0.15) is 8.42 Å². The fourth-order valence-electron chi connectivity index (χ4n) is 10.8. The van der Waals surface area contributed by atoms with Crippen molar-refractivity contribution in [3.63, 3.8) is 0 Å². The third kappa shape index (κ3) is 30.5. The van der Waals surface area contributed by atoms with Crippen molar-refractivity contribution in [2.45, 2.75) is 108 Å². The largest absolute Gasteiger partial charge is 0.507 e. The Balaban J connectivity index is 0.000000518. The third-order valence-corrected chi connectivity index (χ3v) is 18.0. The number of aliphatic hydroxyl groups excluding tert-OH is 1. The summed E-state index contributed by atoms with van der Waals surface area (Å²) in [5.74, 6) is -9.43. The topological polar surface area (TPSA) is 623 Å². The lowest BCUT2D eigenvalue weighted by Crippen LogP contribution is -2.53. The molecule has 2 heterocycles. The van der Waals surface area contributed by atoms with Crippen LogP contribution in [0.25, 0.3) is 0 Å². The zero-order valence-electron chi connectivity index (χ0n) is 57.2. The van der Waals surface area contributed by atoms with Gasteiger partial charge in [0.05, 0.1) is 75.0 Å². The Kier molecular flexibility index (Phi) is 38.3. The van der Waals surface area contributed by atoms with Gasteiger partial charge in [0.15, 0.2) is 23.6 Å². The summed E-state index contributed by atoms with van der Waals surface area (Å²) in [7, 11) is -5.06. The van der Waals surface area contributed by atoms with Crippen LogP contribution in [0.3, 0.4) is 0 Å². The Morgan fingerprint density at radius 2 is 1.31 bits per heavy atom. The number of Topliss-reactive ketones (excluding diaryl/α,β-unsaturated/α-hetero) is 1. The number of carbonyl (C=O) groups is 11. The fraction of sp³-hybridized carbons (Fsp3) is 0.525. The number of carbonyl (C=O) groups excluding carboxylic acids is 5. The van der Waals surface area contributed by atoms with Crippen LogP contribution in [0.2, 0.25) is 0 Å².